The van der Waals surface area contributed by atoms with Gasteiger partial charge in [-0.25, -0.2) is 0 Å². The maximum Gasteiger partial charge on any atom is 0.118 e. The number of aliphatic hydroxyl groups excluding tert-OH is 1. The molecule has 3 rings (SSSR count). The average Bonchev–Trinajstić information content (AvgIpc) is 2.77. The molecule has 3 heteroatoms. The van der Waals surface area contributed by atoms with Crippen LogP contribution in [0.3, 0.4) is 0 Å². The van der Waals surface area contributed by atoms with Crippen LogP contribution in [0, 0.1) is 0 Å². The van der Waals surface area contributed by atoms with Crippen LogP contribution in [-0.4, -0.2) is 18.8 Å². The second-order valence-corrected chi connectivity index (χ2v) is 6.71. The Labute approximate surface area is 167 Å². The fraction of sp³-hybridized carbons (Fsp3) is 0.200. The number of nitrogens with one attached hydrogen (secondary N) is 1. The molecule has 3 aromatic rings. The number of rotatable bonds is 9. The highest BCUT2D eigenvalue weighted by Crippen LogP contribution is 2.23. The highest BCUT2D eigenvalue weighted by molar-refractivity contribution is 5.66. The maximum atomic E-state index is 10.6. The van der Waals surface area contributed by atoms with E-state index in [4.69, 9.17) is 4.74 Å². The zero-order valence-electron chi connectivity index (χ0n) is 16.2. The van der Waals surface area contributed by atoms with E-state index in [2.05, 4.69) is 47.8 Å². The van der Waals surface area contributed by atoms with E-state index in [0.29, 0.717) is 6.42 Å². The van der Waals surface area contributed by atoms with Crippen molar-refractivity contribution in [1.29, 1.82) is 0 Å². The molecule has 0 heterocycles. The Kier molecular flexibility index (Phi) is 7.42. The number of aliphatic hydroxyl groups is 1. The van der Waals surface area contributed by atoms with Gasteiger partial charge in [-0.2, -0.15) is 0 Å². The van der Waals surface area contributed by atoms with Gasteiger partial charge in [0.2, 0.25) is 0 Å². The molecule has 0 aromatic heterocycles. The van der Waals surface area contributed by atoms with Crippen molar-refractivity contribution in [2.45, 2.75) is 19.1 Å². The van der Waals surface area contributed by atoms with Gasteiger partial charge in [-0.05, 0) is 40.8 Å². The normalized spacial score (nSPS) is 12.6. The predicted octanol–water partition coefficient (Wildman–Crippen LogP) is 4.99. The summed E-state index contributed by atoms with van der Waals surface area (Å²) in [5, 5.41) is 14.1. The summed E-state index contributed by atoms with van der Waals surface area (Å²) in [4.78, 5) is 0. The van der Waals surface area contributed by atoms with E-state index in [0.717, 1.165) is 24.4 Å². The Bertz CT molecular complexity index is 858. The van der Waals surface area contributed by atoms with Gasteiger partial charge in [0, 0.05) is 13.1 Å². The summed E-state index contributed by atoms with van der Waals surface area (Å²) >= 11 is 0. The van der Waals surface area contributed by atoms with E-state index in [1.807, 2.05) is 48.5 Å². The van der Waals surface area contributed by atoms with Crippen LogP contribution in [0.5, 0.6) is 5.75 Å². The monoisotopic (exact) mass is 373 g/mol. The summed E-state index contributed by atoms with van der Waals surface area (Å²) in [5.41, 5.74) is 4.50. The van der Waals surface area contributed by atoms with Crippen LogP contribution in [0.15, 0.2) is 91.0 Å². The minimum absolute atomic E-state index is 0.543. The summed E-state index contributed by atoms with van der Waals surface area (Å²) in [6, 6.07) is 28.3. The Balaban J connectivity index is 1.67. The molecule has 0 aliphatic carbocycles. The van der Waals surface area contributed by atoms with Crippen molar-refractivity contribution >= 4 is 5.57 Å². The maximum absolute atomic E-state index is 10.6. The van der Waals surface area contributed by atoms with E-state index in [1.54, 1.807) is 7.11 Å². The third-order valence-corrected chi connectivity index (χ3v) is 4.72. The van der Waals surface area contributed by atoms with E-state index in [9.17, 15) is 5.11 Å². The smallest absolute Gasteiger partial charge is 0.118 e. The Hall–Kier alpha value is -2.88. The second-order valence-electron chi connectivity index (χ2n) is 6.71. The lowest BCUT2D eigenvalue weighted by atomic mass is 10.0. The zero-order chi connectivity index (χ0) is 19.6. The molecule has 2 N–H and O–H groups in total. The van der Waals surface area contributed by atoms with Gasteiger partial charge in [0.15, 0.2) is 0 Å². The highest BCUT2D eigenvalue weighted by Gasteiger charge is 2.08. The molecule has 0 aliphatic rings. The number of hydrogen-bond donors (Lipinski definition) is 2. The number of benzene rings is 3. The van der Waals surface area contributed by atoms with Gasteiger partial charge < -0.3 is 15.2 Å². The highest BCUT2D eigenvalue weighted by atomic mass is 16.5. The number of ether oxygens (including phenoxy) is 1. The Morgan fingerprint density at radius 1 is 0.929 bits per heavy atom. The number of methoxy groups -OCH3 is 1. The summed E-state index contributed by atoms with van der Waals surface area (Å²) in [6.45, 7) is 1.56. The average molecular weight is 373 g/mol. The van der Waals surface area contributed by atoms with Gasteiger partial charge in [0.05, 0.1) is 13.2 Å². The van der Waals surface area contributed by atoms with Gasteiger partial charge in [-0.15, -0.1) is 0 Å². The van der Waals surface area contributed by atoms with Gasteiger partial charge in [-0.3, -0.25) is 0 Å². The molecule has 3 aromatic carbocycles. The van der Waals surface area contributed by atoms with Crippen LogP contribution >= 0.6 is 0 Å². The van der Waals surface area contributed by atoms with E-state index in [1.165, 1.54) is 16.7 Å². The molecule has 0 unspecified atom stereocenters. The zero-order valence-corrected chi connectivity index (χ0v) is 16.2. The summed E-state index contributed by atoms with van der Waals surface area (Å²) in [7, 11) is 1.64. The Morgan fingerprint density at radius 2 is 1.57 bits per heavy atom. The lowest BCUT2D eigenvalue weighted by molar-refractivity contribution is 0.181. The second kappa shape index (κ2) is 10.5. The topological polar surface area (TPSA) is 41.5 Å². The summed E-state index contributed by atoms with van der Waals surface area (Å²) < 4.78 is 5.18. The lowest BCUT2D eigenvalue weighted by Gasteiger charge is -2.13. The lowest BCUT2D eigenvalue weighted by Crippen LogP contribution is -2.16. The van der Waals surface area contributed by atoms with E-state index in [-0.39, 0.29) is 0 Å². The van der Waals surface area contributed by atoms with Crippen molar-refractivity contribution in [2.24, 2.45) is 0 Å². The van der Waals surface area contributed by atoms with Gasteiger partial charge >= 0.3 is 0 Å². The van der Waals surface area contributed by atoms with Crippen molar-refractivity contribution in [3.63, 3.8) is 0 Å². The molecule has 0 saturated carbocycles. The van der Waals surface area contributed by atoms with E-state index < -0.39 is 6.10 Å². The first kappa shape index (κ1) is 19.9. The SMILES string of the molecule is COc1ccc([C@H](O)C/C=C(\CNCc2ccccc2)c2ccccc2)cc1. The van der Waals surface area contributed by atoms with Crippen LogP contribution in [0.2, 0.25) is 0 Å². The van der Waals surface area contributed by atoms with Crippen molar-refractivity contribution in [3.05, 3.63) is 108 Å². The van der Waals surface area contributed by atoms with Crippen LogP contribution in [0.1, 0.15) is 29.2 Å². The molecule has 0 fully saturated rings. The molecular formula is C25H27NO2. The minimum Gasteiger partial charge on any atom is -0.497 e. The number of hydrogen-bond acceptors (Lipinski definition) is 3. The standard InChI is InChI=1S/C25H27NO2/c1-28-24-15-12-22(13-16-24)25(27)17-14-23(21-10-6-3-7-11-21)19-26-18-20-8-4-2-5-9-20/h2-16,25-27H,17-19H2,1H3/b23-14+/t25-/m1/s1. The third-order valence-electron chi connectivity index (χ3n) is 4.72. The quantitative estimate of drug-likeness (QED) is 0.555. The molecule has 0 bridgehead atoms. The molecule has 0 radical (unpaired) electrons. The van der Waals surface area contributed by atoms with Crippen molar-refractivity contribution in [2.75, 3.05) is 13.7 Å². The van der Waals surface area contributed by atoms with Crippen molar-refractivity contribution < 1.29 is 9.84 Å². The molecule has 0 amide bonds. The predicted molar refractivity (Wildman–Crippen MR) is 115 cm³/mol. The first-order valence-electron chi connectivity index (χ1n) is 9.57. The van der Waals surface area contributed by atoms with Crippen LogP contribution < -0.4 is 10.1 Å². The van der Waals surface area contributed by atoms with Crippen molar-refractivity contribution in [3.8, 4) is 5.75 Å². The summed E-state index contributed by atoms with van der Waals surface area (Å²) in [5.74, 6) is 0.793. The van der Waals surface area contributed by atoms with Gasteiger partial charge in [-0.1, -0.05) is 78.9 Å². The van der Waals surface area contributed by atoms with Crippen molar-refractivity contribution in [1.82, 2.24) is 5.32 Å². The first-order chi connectivity index (χ1) is 13.8. The Morgan fingerprint density at radius 3 is 2.21 bits per heavy atom. The van der Waals surface area contributed by atoms with Gasteiger partial charge in [0.25, 0.3) is 0 Å². The molecule has 144 valence electrons. The molecule has 0 aliphatic heterocycles. The molecule has 0 saturated heterocycles. The van der Waals surface area contributed by atoms with E-state index >= 15 is 0 Å². The fourth-order valence-corrected chi connectivity index (χ4v) is 3.10. The molecular weight excluding hydrogens is 346 g/mol. The first-order valence-corrected chi connectivity index (χ1v) is 9.57. The third kappa shape index (κ3) is 5.81. The van der Waals surface area contributed by atoms with Crippen LogP contribution in [0.25, 0.3) is 5.57 Å². The largest absolute Gasteiger partial charge is 0.497 e. The molecule has 1 atom stereocenters. The van der Waals surface area contributed by atoms with Gasteiger partial charge in [0.1, 0.15) is 5.75 Å². The fourth-order valence-electron chi connectivity index (χ4n) is 3.10. The molecule has 28 heavy (non-hydrogen) atoms. The molecule has 3 nitrogen and oxygen atoms in total. The minimum atomic E-state index is -0.543. The van der Waals surface area contributed by atoms with Crippen LogP contribution in [0.4, 0.5) is 0 Å². The summed E-state index contributed by atoms with van der Waals surface area (Å²) in [6.07, 6.45) is 2.14. The van der Waals surface area contributed by atoms with Crippen LogP contribution in [-0.2, 0) is 6.54 Å². The molecule has 0 spiro atoms.